The Hall–Kier alpha value is -2.25. The van der Waals surface area contributed by atoms with Gasteiger partial charge >= 0.3 is 6.18 Å². The minimum absolute atomic E-state index is 0.102. The molecule has 0 aliphatic carbocycles. The highest BCUT2D eigenvalue weighted by Crippen LogP contribution is 2.21. The number of amides is 2. The SMILES string of the molecule is COc1ccc(CCN2CC(NC(=O)CCC(F)(F)F)CC2=O)cc1. The number of nitrogens with zero attached hydrogens (tertiary/aromatic N) is 1. The normalized spacial score (nSPS) is 17.7. The average molecular weight is 358 g/mol. The van der Waals surface area contributed by atoms with Crippen LogP contribution in [0.15, 0.2) is 24.3 Å². The smallest absolute Gasteiger partial charge is 0.389 e. The van der Waals surface area contributed by atoms with Gasteiger partial charge in [-0.2, -0.15) is 13.2 Å². The second-order valence-corrected chi connectivity index (χ2v) is 6.02. The van der Waals surface area contributed by atoms with Crippen molar-refractivity contribution in [3.8, 4) is 5.75 Å². The molecule has 8 heteroatoms. The number of ether oxygens (including phenoxy) is 1. The van der Waals surface area contributed by atoms with Gasteiger partial charge in [0, 0.05) is 25.9 Å². The molecule has 25 heavy (non-hydrogen) atoms. The van der Waals surface area contributed by atoms with Crippen LogP contribution in [0.2, 0.25) is 0 Å². The number of likely N-dealkylation sites (tertiary alicyclic amines) is 1. The lowest BCUT2D eigenvalue weighted by Crippen LogP contribution is -2.37. The first-order valence-electron chi connectivity index (χ1n) is 8.03. The number of hydrogen-bond acceptors (Lipinski definition) is 3. The van der Waals surface area contributed by atoms with Gasteiger partial charge in [0.1, 0.15) is 5.75 Å². The van der Waals surface area contributed by atoms with Crippen LogP contribution in [0.4, 0.5) is 13.2 Å². The van der Waals surface area contributed by atoms with Crippen LogP contribution in [-0.4, -0.2) is 49.1 Å². The highest BCUT2D eigenvalue weighted by Gasteiger charge is 2.32. The quantitative estimate of drug-likeness (QED) is 0.814. The fourth-order valence-corrected chi connectivity index (χ4v) is 2.70. The Balaban J connectivity index is 1.76. The Labute approximate surface area is 144 Å². The maximum absolute atomic E-state index is 12.1. The number of benzene rings is 1. The van der Waals surface area contributed by atoms with Crippen LogP contribution in [0.25, 0.3) is 0 Å². The first-order valence-corrected chi connectivity index (χ1v) is 8.03. The molecule has 1 saturated heterocycles. The maximum atomic E-state index is 12.1. The summed E-state index contributed by atoms with van der Waals surface area (Å²) in [7, 11) is 1.58. The zero-order valence-corrected chi connectivity index (χ0v) is 13.9. The third-order valence-corrected chi connectivity index (χ3v) is 4.04. The Morgan fingerprint density at radius 3 is 2.60 bits per heavy atom. The molecule has 1 unspecified atom stereocenters. The van der Waals surface area contributed by atoms with Crippen LogP contribution < -0.4 is 10.1 Å². The van der Waals surface area contributed by atoms with Gasteiger partial charge in [0.05, 0.1) is 19.6 Å². The molecule has 5 nitrogen and oxygen atoms in total. The van der Waals surface area contributed by atoms with Gasteiger partial charge in [-0.1, -0.05) is 12.1 Å². The fraction of sp³-hybridized carbons (Fsp3) is 0.529. The van der Waals surface area contributed by atoms with Gasteiger partial charge in [-0.05, 0) is 24.1 Å². The van der Waals surface area contributed by atoms with Gasteiger partial charge in [0.15, 0.2) is 0 Å². The number of methoxy groups -OCH3 is 1. The first kappa shape index (κ1) is 19.1. The van der Waals surface area contributed by atoms with Gasteiger partial charge in [-0.25, -0.2) is 0 Å². The van der Waals surface area contributed by atoms with E-state index < -0.39 is 31.0 Å². The third kappa shape index (κ3) is 6.28. The molecule has 0 saturated carbocycles. The summed E-state index contributed by atoms with van der Waals surface area (Å²) in [6, 6.07) is 7.07. The summed E-state index contributed by atoms with van der Waals surface area (Å²) >= 11 is 0. The van der Waals surface area contributed by atoms with Crippen molar-refractivity contribution >= 4 is 11.8 Å². The molecule has 0 aromatic heterocycles. The lowest BCUT2D eigenvalue weighted by molar-refractivity contribution is -0.144. The van der Waals surface area contributed by atoms with E-state index in [4.69, 9.17) is 4.74 Å². The summed E-state index contributed by atoms with van der Waals surface area (Å²) in [5.74, 6) is -0.0237. The Kier molecular flexibility index (Phi) is 6.27. The van der Waals surface area contributed by atoms with E-state index in [1.165, 1.54) is 0 Å². The van der Waals surface area contributed by atoms with Crippen molar-refractivity contribution in [2.45, 2.75) is 37.9 Å². The van der Waals surface area contributed by atoms with Gasteiger partial charge in [-0.15, -0.1) is 0 Å². The molecular weight excluding hydrogens is 337 g/mol. The van der Waals surface area contributed by atoms with E-state index in [9.17, 15) is 22.8 Å². The van der Waals surface area contributed by atoms with Gasteiger partial charge in [-0.3, -0.25) is 9.59 Å². The molecule has 0 radical (unpaired) electrons. The highest BCUT2D eigenvalue weighted by atomic mass is 19.4. The summed E-state index contributed by atoms with van der Waals surface area (Å²) in [5.41, 5.74) is 1.05. The van der Waals surface area contributed by atoms with Crippen molar-refractivity contribution in [3.63, 3.8) is 0 Å². The zero-order chi connectivity index (χ0) is 18.4. The minimum Gasteiger partial charge on any atom is -0.497 e. The lowest BCUT2D eigenvalue weighted by Gasteiger charge is -2.17. The largest absolute Gasteiger partial charge is 0.497 e. The summed E-state index contributed by atoms with van der Waals surface area (Å²) in [6.45, 7) is 0.826. The van der Waals surface area contributed by atoms with Gasteiger partial charge in [0.2, 0.25) is 11.8 Å². The van der Waals surface area contributed by atoms with Crippen LogP contribution in [-0.2, 0) is 16.0 Å². The Morgan fingerprint density at radius 2 is 2.00 bits per heavy atom. The second-order valence-electron chi connectivity index (χ2n) is 6.02. The standard InChI is InChI=1S/C17H21F3N2O3/c1-25-14-4-2-12(3-5-14)7-9-22-11-13(10-16(22)24)21-15(23)6-8-17(18,19)20/h2-5,13H,6-11H2,1H3,(H,21,23). The fourth-order valence-electron chi connectivity index (χ4n) is 2.70. The summed E-state index contributed by atoms with van der Waals surface area (Å²) in [4.78, 5) is 25.1. The predicted molar refractivity (Wildman–Crippen MR) is 85.1 cm³/mol. The summed E-state index contributed by atoms with van der Waals surface area (Å²) in [6.07, 6.45) is -5.33. The molecule has 1 fully saturated rings. The molecular formula is C17H21F3N2O3. The lowest BCUT2D eigenvalue weighted by atomic mass is 10.1. The monoisotopic (exact) mass is 358 g/mol. The maximum Gasteiger partial charge on any atom is 0.389 e. The molecule has 1 atom stereocenters. The van der Waals surface area contributed by atoms with Crippen molar-refractivity contribution in [1.29, 1.82) is 0 Å². The highest BCUT2D eigenvalue weighted by molar-refractivity contribution is 5.82. The van der Waals surface area contributed by atoms with E-state index in [0.29, 0.717) is 19.5 Å². The van der Waals surface area contributed by atoms with Gasteiger partial charge in [0.25, 0.3) is 0 Å². The Bertz CT molecular complexity index is 602. The third-order valence-electron chi connectivity index (χ3n) is 4.04. The van der Waals surface area contributed by atoms with Crippen molar-refractivity contribution in [3.05, 3.63) is 29.8 Å². The van der Waals surface area contributed by atoms with Crippen molar-refractivity contribution in [1.82, 2.24) is 10.2 Å². The van der Waals surface area contributed by atoms with Crippen molar-refractivity contribution < 1.29 is 27.5 Å². The zero-order valence-electron chi connectivity index (χ0n) is 13.9. The first-order chi connectivity index (χ1) is 11.8. The van der Waals surface area contributed by atoms with E-state index in [1.54, 1.807) is 12.0 Å². The molecule has 1 aliphatic heterocycles. The topological polar surface area (TPSA) is 58.6 Å². The molecule has 2 amide bonds. The van der Waals surface area contributed by atoms with Crippen molar-refractivity contribution in [2.75, 3.05) is 20.2 Å². The van der Waals surface area contributed by atoms with E-state index in [1.807, 2.05) is 24.3 Å². The van der Waals surface area contributed by atoms with Crippen LogP contribution >= 0.6 is 0 Å². The van der Waals surface area contributed by atoms with Crippen molar-refractivity contribution in [2.24, 2.45) is 0 Å². The molecule has 138 valence electrons. The van der Waals surface area contributed by atoms with E-state index in [0.717, 1.165) is 11.3 Å². The number of halogens is 3. The van der Waals surface area contributed by atoms with Crippen LogP contribution in [0.1, 0.15) is 24.8 Å². The molecule has 0 bridgehead atoms. The van der Waals surface area contributed by atoms with E-state index in [2.05, 4.69) is 5.32 Å². The number of carbonyl (C=O) groups is 2. The minimum atomic E-state index is -4.35. The van der Waals surface area contributed by atoms with E-state index >= 15 is 0 Å². The molecule has 2 rings (SSSR count). The number of nitrogens with one attached hydrogen (secondary N) is 1. The second kappa shape index (κ2) is 8.22. The number of rotatable bonds is 7. The molecule has 1 aliphatic rings. The summed E-state index contributed by atoms with van der Waals surface area (Å²) < 4.78 is 41.4. The average Bonchev–Trinajstić information content (AvgIpc) is 2.90. The molecule has 0 spiro atoms. The van der Waals surface area contributed by atoms with E-state index in [-0.39, 0.29) is 12.3 Å². The molecule has 1 aromatic carbocycles. The Morgan fingerprint density at radius 1 is 1.32 bits per heavy atom. The number of carbonyl (C=O) groups excluding carboxylic acids is 2. The van der Waals surface area contributed by atoms with Gasteiger partial charge < -0.3 is 15.0 Å². The van der Waals surface area contributed by atoms with Crippen LogP contribution in [0.5, 0.6) is 5.75 Å². The molecule has 1 N–H and O–H groups in total. The van der Waals surface area contributed by atoms with Crippen LogP contribution in [0.3, 0.4) is 0 Å². The van der Waals surface area contributed by atoms with Crippen LogP contribution in [0, 0.1) is 0 Å². The molecule has 1 heterocycles. The predicted octanol–water partition coefficient (Wildman–Crippen LogP) is 2.30. The summed E-state index contributed by atoms with van der Waals surface area (Å²) in [5, 5.41) is 2.51. The molecule has 1 aromatic rings. The number of hydrogen-bond donors (Lipinski definition) is 1. The number of alkyl halides is 3.